The summed E-state index contributed by atoms with van der Waals surface area (Å²) in [6, 6.07) is 14.2. The van der Waals surface area contributed by atoms with Crippen LogP contribution in [-0.2, 0) is 0 Å². The first-order valence-corrected chi connectivity index (χ1v) is 8.87. The zero-order valence-electron chi connectivity index (χ0n) is 14.4. The van der Waals surface area contributed by atoms with Gasteiger partial charge in [-0.2, -0.15) is 5.10 Å². The third-order valence-corrected chi connectivity index (χ3v) is 4.94. The average molecular weight is 350 g/mol. The summed E-state index contributed by atoms with van der Waals surface area (Å²) < 4.78 is 6.46. The van der Waals surface area contributed by atoms with Gasteiger partial charge in [-0.1, -0.05) is 35.1 Å². The molecule has 0 aliphatic carbocycles. The maximum atomic E-state index is 5.39. The molecule has 2 heterocycles. The molecule has 1 aliphatic rings. The predicted octanol–water partition coefficient (Wildman–Crippen LogP) is 4.93. The van der Waals surface area contributed by atoms with Crippen molar-refractivity contribution in [3.63, 3.8) is 0 Å². The van der Waals surface area contributed by atoms with Crippen LogP contribution < -0.4 is 9.75 Å². The maximum Gasteiger partial charge on any atom is 0.212 e. The molecule has 1 aromatic heterocycles. The standard InChI is InChI=1S/C19H18N4OS/c1-12-7-9-14(10-8-12)23-17(11-13(2)22-23)20-19-21-18-15(24-3)5-4-6-16(18)25-19/h4-10H,11H2,1-3H3/b20-17+. The lowest BCUT2D eigenvalue weighted by molar-refractivity contribution is 0.419. The molecule has 6 heteroatoms. The second-order valence-electron chi connectivity index (χ2n) is 5.99. The summed E-state index contributed by atoms with van der Waals surface area (Å²) in [7, 11) is 1.66. The quantitative estimate of drug-likeness (QED) is 0.673. The minimum absolute atomic E-state index is 0.719. The number of thiazole rings is 1. The van der Waals surface area contributed by atoms with Crippen LogP contribution in [0.4, 0.5) is 10.8 Å². The molecule has 0 saturated heterocycles. The van der Waals surface area contributed by atoms with Crippen molar-refractivity contribution in [2.45, 2.75) is 20.3 Å². The van der Waals surface area contributed by atoms with E-state index in [1.54, 1.807) is 18.4 Å². The Hall–Kier alpha value is -2.73. The Labute approximate surface area is 150 Å². The molecular formula is C19H18N4OS. The van der Waals surface area contributed by atoms with Gasteiger partial charge in [0.2, 0.25) is 5.13 Å². The molecule has 0 amide bonds. The van der Waals surface area contributed by atoms with Crippen LogP contribution in [0.25, 0.3) is 10.2 Å². The molecule has 0 atom stereocenters. The molecule has 0 saturated carbocycles. The van der Waals surface area contributed by atoms with Crippen molar-refractivity contribution in [1.82, 2.24) is 4.98 Å². The number of methoxy groups -OCH3 is 1. The lowest BCUT2D eigenvalue weighted by Crippen LogP contribution is -2.19. The SMILES string of the molecule is COc1cccc2sc(/N=C3\CC(C)=NN3c3ccc(C)cc3)nc12. The highest BCUT2D eigenvalue weighted by atomic mass is 32.1. The second kappa shape index (κ2) is 6.29. The number of hydrazone groups is 1. The van der Waals surface area contributed by atoms with Gasteiger partial charge < -0.3 is 4.74 Å². The number of nitrogens with zero attached hydrogens (tertiary/aromatic N) is 4. The minimum atomic E-state index is 0.719. The van der Waals surface area contributed by atoms with E-state index in [1.807, 2.05) is 30.1 Å². The number of aryl methyl sites for hydroxylation is 1. The molecule has 0 bridgehead atoms. The van der Waals surface area contributed by atoms with E-state index in [0.29, 0.717) is 0 Å². The van der Waals surface area contributed by atoms with Gasteiger partial charge in [0.05, 0.1) is 17.5 Å². The van der Waals surface area contributed by atoms with Crippen LogP contribution in [0, 0.1) is 6.92 Å². The van der Waals surface area contributed by atoms with Gasteiger partial charge in [0, 0.05) is 12.1 Å². The second-order valence-corrected chi connectivity index (χ2v) is 7.00. The van der Waals surface area contributed by atoms with Crippen molar-refractivity contribution in [2.75, 3.05) is 12.1 Å². The molecule has 126 valence electrons. The van der Waals surface area contributed by atoms with Crippen molar-refractivity contribution in [3.8, 4) is 5.75 Å². The summed E-state index contributed by atoms with van der Waals surface area (Å²) in [5.41, 5.74) is 4.13. The Bertz CT molecular complexity index is 988. The van der Waals surface area contributed by atoms with Crippen molar-refractivity contribution in [1.29, 1.82) is 0 Å². The Morgan fingerprint density at radius 3 is 2.68 bits per heavy atom. The van der Waals surface area contributed by atoms with E-state index >= 15 is 0 Å². The molecule has 0 N–H and O–H groups in total. The molecule has 2 aromatic carbocycles. The molecule has 0 unspecified atom stereocenters. The Balaban J connectivity index is 1.73. The van der Waals surface area contributed by atoms with Crippen molar-refractivity contribution < 1.29 is 4.74 Å². The molecule has 0 spiro atoms. The fourth-order valence-electron chi connectivity index (χ4n) is 2.78. The molecule has 25 heavy (non-hydrogen) atoms. The number of rotatable bonds is 3. The van der Waals surface area contributed by atoms with E-state index in [9.17, 15) is 0 Å². The molecule has 1 aliphatic heterocycles. The van der Waals surface area contributed by atoms with Gasteiger partial charge in [-0.15, -0.1) is 0 Å². The fraction of sp³-hybridized carbons (Fsp3) is 0.211. The number of anilines is 1. The van der Waals surface area contributed by atoms with Crippen molar-refractivity contribution >= 4 is 43.9 Å². The average Bonchev–Trinajstić information content (AvgIpc) is 3.18. The number of hydrogen-bond acceptors (Lipinski definition) is 5. The first kappa shape index (κ1) is 15.8. The van der Waals surface area contributed by atoms with Crippen LogP contribution in [0.3, 0.4) is 0 Å². The van der Waals surface area contributed by atoms with Gasteiger partial charge >= 0.3 is 0 Å². The van der Waals surface area contributed by atoms with Crippen LogP contribution in [0.1, 0.15) is 18.9 Å². The smallest absolute Gasteiger partial charge is 0.212 e. The molecular weight excluding hydrogens is 332 g/mol. The number of amidine groups is 1. The molecule has 4 rings (SSSR count). The maximum absolute atomic E-state index is 5.39. The zero-order chi connectivity index (χ0) is 17.4. The predicted molar refractivity (Wildman–Crippen MR) is 105 cm³/mol. The van der Waals surface area contributed by atoms with Gasteiger partial charge in [0.1, 0.15) is 17.1 Å². The summed E-state index contributed by atoms with van der Waals surface area (Å²) in [6.45, 7) is 4.09. The zero-order valence-corrected chi connectivity index (χ0v) is 15.2. The summed E-state index contributed by atoms with van der Waals surface area (Å²) in [4.78, 5) is 9.42. The van der Waals surface area contributed by atoms with Crippen LogP contribution in [0.15, 0.2) is 52.6 Å². The van der Waals surface area contributed by atoms with E-state index in [-0.39, 0.29) is 0 Å². The van der Waals surface area contributed by atoms with Crippen molar-refractivity contribution in [2.24, 2.45) is 10.1 Å². The Morgan fingerprint density at radius 2 is 1.92 bits per heavy atom. The number of para-hydroxylation sites is 1. The van der Waals surface area contributed by atoms with Crippen LogP contribution in [0.5, 0.6) is 5.75 Å². The highest BCUT2D eigenvalue weighted by Gasteiger charge is 2.22. The largest absolute Gasteiger partial charge is 0.494 e. The highest BCUT2D eigenvalue weighted by molar-refractivity contribution is 7.22. The number of benzene rings is 2. The monoisotopic (exact) mass is 350 g/mol. The van der Waals surface area contributed by atoms with E-state index in [4.69, 9.17) is 9.73 Å². The fourth-order valence-corrected chi connectivity index (χ4v) is 3.66. The van der Waals surface area contributed by atoms with E-state index in [0.717, 1.165) is 44.8 Å². The third kappa shape index (κ3) is 3.00. The third-order valence-electron chi connectivity index (χ3n) is 4.02. The first-order chi connectivity index (χ1) is 12.1. The number of hydrogen-bond donors (Lipinski definition) is 0. The van der Waals surface area contributed by atoms with Gasteiger partial charge in [-0.3, -0.25) is 0 Å². The van der Waals surface area contributed by atoms with E-state index in [1.165, 1.54) is 5.56 Å². The minimum Gasteiger partial charge on any atom is -0.494 e. The van der Waals surface area contributed by atoms with Crippen molar-refractivity contribution in [3.05, 3.63) is 48.0 Å². The summed E-state index contributed by atoms with van der Waals surface area (Å²) in [5, 5.41) is 7.24. The van der Waals surface area contributed by atoms with Gasteiger partial charge in [0.15, 0.2) is 0 Å². The highest BCUT2D eigenvalue weighted by Crippen LogP contribution is 2.34. The summed E-state index contributed by atoms with van der Waals surface area (Å²) in [6.07, 6.45) is 0.723. The number of aromatic nitrogens is 1. The van der Waals surface area contributed by atoms with Crippen LogP contribution in [0.2, 0.25) is 0 Å². The normalized spacial score (nSPS) is 15.9. The van der Waals surface area contributed by atoms with Gasteiger partial charge in [-0.05, 0) is 38.1 Å². The lowest BCUT2D eigenvalue weighted by Gasteiger charge is -2.15. The number of fused-ring (bicyclic) bond motifs is 1. The lowest BCUT2D eigenvalue weighted by atomic mass is 10.2. The van der Waals surface area contributed by atoms with E-state index in [2.05, 4.69) is 41.3 Å². The van der Waals surface area contributed by atoms with Gasteiger partial charge in [0.25, 0.3) is 0 Å². The number of ether oxygens (including phenoxy) is 1. The summed E-state index contributed by atoms with van der Waals surface area (Å²) >= 11 is 1.56. The van der Waals surface area contributed by atoms with Gasteiger partial charge in [-0.25, -0.2) is 15.0 Å². The molecule has 3 aromatic rings. The summed E-state index contributed by atoms with van der Waals surface area (Å²) in [5.74, 6) is 1.66. The van der Waals surface area contributed by atoms with E-state index < -0.39 is 0 Å². The van der Waals surface area contributed by atoms with Crippen LogP contribution >= 0.6 is 11.3 Å². The topological polar surface area (TPSA) is 50.1 Å². The van der Waals surface area contributed by atoms with Crippen LogP contribution in [-0.4, -0.2) is 23.6 Å². The number of aliphatic imine (C=N–C) groups is 1. The molecule has 5 nitrogen and oxygen atoms in total. The Morgan fingerprint density at radius 1 is 1.12 bits per heavy atom. The first-order valence-electron chi connectivity index (χ1n) is 8.06. The molecule has 0 fully saturated rings. The molecule has 0 radical (unpaired) electrons. The Kier molecular flexibility index (Phi) is 3.97.